The number of hydrogen-bond donors (Lipinski definition) is 1. The predicted molar refractivity (Wildman–Crippen MR) is 124 cm³/mol. The van der Waals surface area contributed by atoms with E-state index in [2.05, 4.69) is 16.9 Å². The van der Waals surface area contributed by atoms with Gasteiger partial charge in [0.25, 0.3) is 5.91 Å². The third-order valence-corrected chi connectivity index (χ3v) is 5.33. The summed E-state index contributed by atoms with van der Waals surface area (Å²) in [7, 11) is 0. The van der Waals surface area contributed by atoms with E-state index in [1.54, 1.807) is 18.5 Å². The Balaban J connectivity index is 1.73. The largest absolute Gasteiger partial charge is 0.489 e. The molecule has 0 atom stereocenters. The van der Waals surface area contributed by atoms with Crippen LogP contribution in [0.3, 0.4) is 0 Å². The van der Waals surface area contributed by atoms with Crippen molar-refractivity contribution in [1.82, 2.24) is 14.9 Å². The highest BCUT2D eigenvalue weighted by atomic mass is 35.5. The molecule has 0 saturated heterocycles. The van der Waals surface area contributed by atoms with Crippen molar-refractivity contribution in [2.45, 2.75) is 13.1 Å². The minimum atomic E-state index is -0.179. The molecular formula is C25H22ClN3O2. The van der Waals surface area contributed by atoms with Crippen molar-refractivity contribution in [3.8, 4) is 5.75 Å². The average molecular weight is 432 g/mol. The summed E-state index contributed by atoms with van der Waals surface area (Å²) < 4.78 is 7.79. The zero-order chi connectivity index (χ0) is 21.6. The lowest BCUT2D eigenvalue weighted by Gasteiger charge is -2.13. The Morgan fingerprint density at radius 1 is 1.16 bits per heavy atom. The fourth-order valence-electron chi connectivity index (χ4n) is 3.46. The first-order chi connectivity index (χ1) is 15.2. The van der Waals surface area contributed by atoms with Crippen molar-refractivity contribution >= 4 is 28.4 Å². The Kier molecular flexibility index (Phi) is 6.34. The second-order valence-electron chi connectivity index (χ2n) is 7.04. The molecule has 4 aromatic rings. The molecule has 5 nitrogen and oxygen atoms in total. The highest BCUT2D eigenvalue weighted by Gasteiger charge is 2.19. The molecule has 0 radical (unpaired) electrons. The van der Waals surface area contributed by atoms with E-state index in [-0.39, 0.29) is 5.91 Å². The van der Waals surface area contributed by atoms with Crippen LogP contribution in [-0.2, 0) is 13.1 Å². The van der Waals surface area contributed by atoms with E-state index < -0.39 is 0 Å². The Labute approximate surface area is 185 Å². The van der Waals surface area contributed by atoms with E-state index in [1.807, 2.05) is 65.2 Å². The number of halogens is 1. The normalized spacial score (nSPS) is 10.7. The molecule has 0 unspecified atom stereocenters. The third-order valence-electron chi connectivity index (χ3n) is 4.96. The summed E-state index contributed by atoms with van der Waals surface area (Å²) in [5, 5.41) is 4.51. The monoisotopic (exact) mass is 431 g/mol. The van der Waals surface area contributed by atoms with Gasteiger partial charge in [-0.15, -0.1) is 0 Å². The Morgan fingerprint density at radius 2 is 2.03 bits per heavy atom. The number of nitrogens with one attached hydrogen (secondary N) is 1. The number of hydrogen-bond acceptors (Lipinski definition) is 3. The van der Waals surface area contributed by atoms with Gasteiger partial charge in [0.1, 0.15) is 18.1 Å². The van der Waals surface area contributed by atoms with Crippen molar-refractivity contribution in [2.24, 2.45) is 0 Å². The number of amides is 1. The lowest BCUT2D eigenvalue weighted by atomic mass is 10.2. The third kappa shape index (κ3) is 4.62. The van der Waals surface area contributed by atoms with Crippen LogP contribution in [0.2, 0.25) is 5.02 Å². The number of rotatable bonds is 8. The molecule has 6 heteroatoms. The maximum absolute atomic E-state index is 13.2. The lowest BCUT2D eigenvalue weighted by Crippen LogP contribution is -2.25. The highest BCUT2D eigenvalue weighted by Crippen LogP contribution is 2.30. The summed E-state index contributed by atoms with van der Waals surface area (Å²) in [6.45, 7) is 4.95. The van der Waals surface area contributed by atoms with E-state index >= 15 is 0 Å². The standard InChI is InChI=1S/C25H22ClN3O2/c1-2-13-31-24-11-5-10-22-20(24)14-23(25(30)28-16-18-7-6-12-27-15-18)29(22)17-19-8-3-4-9-21(19)26/h2-12,14-15H,1,13,16-17H2,(H,28,30). The summed E-state index contributed by atoms with van der Waals surface area (Å²) in [6, 6.07) is 19.1. The van der Waals surface area contributed by atoms with Gasteiger partial charge in [0, 0.05) is 35.9 Å². The number of carbonyl (C=O) groups is 1. The number of aromatic nitrogens is 2. The quantitative estimate of drug-likeness (QED) is 0.388. The summed E-state index contributed by atoms with van der Waals surface area (Å²) in [5.41, 5.74) is 3.29. The van der Waals surface area contributed by atoms with Crippen LogP contribution in [-0.4, -0.2) is 22.1 Å². The molecule has 0 aliphatic carbocycles. The Bertz CT molecular complexity index is 1220. The van der Waals surface area contributed by atoms with Crippen LogP contribution in [0.4, 0.5) is 0 Å². The van der Waals surface area contributed by atoms with Crippen LogP contribution >= 0.6 is 11.6 Å². The fraction of sp³-hybridized carbons (Fsp3) is 0.120. The molecule has 2 aromatic carbocycles. The molecule has 2 aromatic heterocycles. The van der Waals surface area contributed by atoms with Crippen molar-refractivity contribution in [2.75, 3.05) is 6.61 Å². The van der Waals surface area contributed by atoms with Crippen LogP contribution in [0.5, 0.6) is 5.75 Å². The van der Waals surface area contributed by atoms with Crippen LogP contribution in [0, 0.1) is 0 Å². The fourth-order valence-corrected chi connectivity index (χ4v) is 3.66. The summed E-state index contributed by atoms with van der Waals surface area (Å²) in [6.07, 6.45) is 5.14. The van der Waals surface area contributed by atoms with Crippen LogP contribution < -0.4 is 10.1 Å². The van der Waals surface area contributed by atoms with Gasteiger partial charge in [0.15, 0.2) is 0 Å². The van der Waals surface area contributed by atoms with E-state index in [0.717, 1.165) is 22.0 Å². The van der Waals surface area contributed by atoms with Crippen molar-refractivity contribution < 1.29 is 9.53 Å². The summed E-state index contributed by atoms with van der Waals surface area (Å²) in [5.74, 6) is 0.526. The summed E-state index contributed by atoms with van der Waals surface area (Å²) in [4.78, 5) is 17.3. The summed E-state index contributed by atoms with van der Waals surface area (Å²) >= 11 is 6.41. The molecule has 0 aliphatic rings. The lowest BCUT2D eigenvalue weighted by molar-refractivity contribution is 0.0942. The molecule has 0 bridgehead atoms. The second kappa shape index (κ2) is 9.49. The first-order valence-corrected chi connectivity index (χ1v) is 10.3. The molecule has 0 aliphatic heterocycles. The number of pyridine rings is 1. The van der Waals surface area contributed by atoms with Crippen molar-refractivity contribution in [3.05, 3.63) is 108 Å². The zero-order valence-corrected chi connectivity index (χ0v) is 17.7. The van der Waals surface area contributed by atoms with Gasteiger partial charge in [-0.2, -0.15) is 0 Å². The van der Waals surface area contributed by atoms with E-state index in [9.17, 15) is 4.79 Å². The minimum absolute atomic E-state index is 0.179. The van der Waals surface area contributed by atoms with Gasteiger partial charge in [0.05, 0.1) is 5.52 Å². The molecular weight excluding hydrogens is 410 g/mol. The van der Waals surface area contributed by atoms with Gasteiger partial charge in [0.2, 0.25) is 0 Å². The first-order valence-electron chi connectivity index (χ1n) is 9.94. The predicted octanol–water partition coefficient (Wildman–Crippen LogP) is 5.23. The van der Waals surface area contributed by atoms with Crippen LogP contribution in [0.1, 0.15) is 21.6 Å². The number of nitrogens with zero attached hydrogens (tertiary/aromatic N) is 2. The van der Waals surface area contributed by atoms with Crippen LogP contribution in [0.25, 0.3) is 10.9 Å². The molecule has 1 amide bonds. The maximum atomic E-state index is 13.2. The molecule has 1 N–H and O–H groups in total. The Morgan fingerprint density at radius 3 is 2.81 bits per heavy atom. The van der Waals surface area contributed by atoms with Crippen LogP contribution in [0.15, 0.2) is 85.7 Å². The molecule has 0 spiro atoms. The second-order valence-corrected chi connectivity index (χ2v) is 7.45. The highest BCUT2D eigenvalue weighted by molar-refractivity contribution is 6.31. The van der Waals surface area contributed by atoms with Crippen molar-refractivity contribution in [3.63, 3.8) is 0 Å². The number of carbonyl (C=O) groups excluding carboxylic acids is 1. The van der Waals surface area contributed by atoms with Crippen molar-refractivity contribution in [1.29, 1.82) is 0 Å². The van der Waals surface area contributed by atoms with Gasteiger partial charge in [-0.05, 0) is 41.5 Å². The molecule has 0 fully saturated rings. The number of benzene rings is 2. The SMILES string of the molecule is C=CCOc1cccc2c1cc(C(=O)NCc1cccnc1)n2Cc1ccccc1Cl. The minimum Gasteiger partial charge on any atom is -0.489 e. The first kappa shape index (κ1) is 20.7. The average Bonchev–Trinajstić information content (AvgIpc) is 3.17. The Hall–Kier alpha value is -3.57. The van der Waals surface area contributed by atoms with Gasteiger partial charge < -0.3 is 14.6 Å². The number of ether oxygens (including phenoxy) is 1. The molecule has 156 valence electrons. The van der Waals surface area contributed by atoms with E-state index in [0.29, 0.717) is 36.2 Å². The smallest absolute Gasteiger partial charge is 0.268 e. The maximum Gasteiger partial charge on any atom is 0.268 e. The molecule has 0 saturated carbocycles. The number of fused-ring (bicyclic) bond motifs is 1. The van der Waals surface area contributed by atoms with E-state index in [4.69, 9.17) is 16.3 Å². The molecule has 2 heterocycles. The van der Waals surface area contributed by atoms with Gasteiger partial charge in [-0.3, -0.25) is 9.78 Å². The zero-order valence-electron chi connectivity index (χ0n) is 16.9. The topological polar surface area (TPSA) is 56.1 Å². The van der Waals surface area contributed by atoms with Gasteiger partial charge in [-0.25, -0.2) is 0 Å². The van der Waals surface area contributed by atoms with Gasteiger partial charge >= 0.3 is 0 Å². The van der Waals surface area contributed by atoms with Gasteiger partial charge in [-0.1, -0.05) is 54.6 Å². The van der Waals surface area contributed by atoms with E-state index in [1.165, 1.54) is 0 Å². The molecule has 4 rings (SSSR count). The molecule has 31 heavy (non-hydrogen) atoms.